The van der Waals surface area contributed by atoms with Crippen LogP contribution in [0.1, 0.15) is 12.8 Å². The lowest BCUT2D eigenvalue weighted by Crippen LogP contribution is -2.60. The van der Waals surface area contributed by atoms with Crippen LogP contribution < -0.4 is 5.32 Å². The first-order valence-corrected chi connectivity index (χ1v) is 5.59. The molecule has 2 rings (SSSR count). The van der Waals surface area contributed by atoms with Crippen LogP contribution in [0.2, 0.25) is 0 Å². The van der Waals surface area contributed by atoms with Crippen LogP contribution in [0.25, 0.3) is 0 Å². The fraction of sp³-hybridized carbons (Fsp3) is 0.900. The van der Waals surface area contributed by atoms with Gasteiger partial charge >= 0.3 is 6.09 Å². The van der Waals surface area contributed by atoms with E-state index < -0.39 is 6.09 Å². The lowest BCUT2D eigenvalue weighted by Gasteiger charge is -2.43. The standard InChI is InChI=1S/C10H19N3O2/c1-12(10(14)15)8-2-4-13(5-3-8)9-6-11-7-9/h8-9,11H,2-7H2,1H3,(H,14,15). The minimum absolute atomic E-state index is 0.215. The van der Waals surface area contributed by atoms with Gasteiger partial charge in [-0.15, -0.1) is 0 Å². The van der Waals surface area contributed by atoms with Gasteiger partial charge in [-0.3, -0.25) is 4.90 Å². The number of amides is 1. The molecule has 2 aliphatic heterocycles. The van der Waals surface area contributed by atoms with Crippen molar-refractivity contribution in [1.82, 2.24) is 15.1 Å². The van der Waals surface area contributed by atoms with E-state index in [4.69, 9.17) is 5.11 Å². The van der Waals surface area contributed by atoms with Crippen LogP contribution in [-0.2, 0) is 0 Å². The molecule has 0 aromatic heterocycles. The maximum Gasteiger partial charge on any atom is 0.407 e. The summed E-state index contributed by atoms with van der Waals surface area (Å²) in [5, 5.41) is 12.1. The summed E-state index contributed by atoms with van der Waals surface area (Å²) in [4.78, 5) is 14.7. The summed E-state index contributed by atoms with van der Waals surface area (Å²) in [6.07, 6.45) is 1.14. The molecule has 0 atom stereocenters. The highest BCUT2D eigenvalue weighted by molar-refractivity contribution is 5.64. The highest BCUT2D eigenvalue weighted by Gasteiger charge is 2.30. The van der Waals surface area contributed by atoms with Gasteiger partial charge in [0, 0.05) is 45.3 Å². The van der Waals surface area contributed by atoms with Crippen LogP contribution in [0.3, 0.4) is 0 Å². The largest absolute Gasteiger partial charge is 0.465 e. The molecule has 2 heterocycles. The van der Waals surface area contributed by atoms with E-state index in [0.29, 0.717) is 6.04 Å². The molecule has 0 radical (unpaired) electrons. The number of nitrogens with zero attached hydrogens (tertiary/aromatic N) is 2. The van der Waals surface area contributed by atoms with E-state index in [2.05, 4.69) is 10.2 Å². The summed E-state index contributed by atoms with van der Waals surface area (Å²) >= 11 is 0. The summed E-state index contributed by atoms with van der Waals surface area (Å²) in [7, 11) is 1.67. The summed E-state index contributed by atoms with van der Waals surface area (Å²) in [5.41, 5.74) is 0. The quantitative estimate of drug-likeness (QED) is 0.679. The molecule has 2 saturated heterocycles. The molecule has 0 unspecified atom stereocenters. The van der Waals surface area contributed by atoms with Crippen molar-refractivity contribution in [1.29, 1.82) is 0 Å². The Morgan fingerprint density at radius 2 is 2.00 bits per heavy atom. The van der Waals surface area contributed by atoms with Crippen LogP contribution >= 0.6 is 0 Å². The molecule has 1 amide bonds. The van der Waals surface area contributed by atoms with Crippen LogP contribution in [0, 0.1) is 0 Å². The summed E-state index contributed by atoms with van der Waals surface area (Å²) < 4.78 is 0. The highest BCUT2D eigenvalue weighted by Crippen LogP contribution is 2.18. The van der Waals surface area contributed by atoms with Crippen molar-refractivity contribution in [3.8, 4) is 0 Å². The minimum atomic E-state index is -0.807. The molecule has 0 bridgehead atoms. The molecule has 0 saturated carbocycles. The molecule has 2 N–H and O–H groups in total. The molecule has 0 aromatic carbocycles. The molecule has 5 nitrogen and oxygen atoms in total. The maximum absolute atomic E-state index is 10.8. The van der Waals surface area contributed by atoms with E-state index in [1.54, 1.807) is 7.05 Å². The Morgan fingerprint density at radius 3 is 2.40 bits per heavy atom. The molecule has 5 heteroatoms. The van der Waals surface area contributed by atoms with Gasteiger partial charge in [0.1, 0.15) is 0 Å². The molecule has 0 aliphatic carbocycles. The zero-order chi connectivity index (χ0) is 10.8. The molecule has 15 heavy (non-hydrogen) atoms. The fourth-order valence-electron chi connectivity index (χ4n) is 2.33. The van der Waals surface area contributed by atoms with E-state index >= 15 is 0 Å². The Hall–Kier alpha value is -0.810. The second kappa shape index (κ2) is 4.37. The first kappa shape index (κ1) is 10.7. The fourth-order valence-corrected chi connectivity index (χ4v) is 2.33. The van der Waals surface area contributed by atoms with E-state index in [1.165, 1.54) is 4.90 Å². The Kier molecular flexibility index (Phi) is 3.11. The Bertz CT molecular complexity index is 235. The third-order valence-electron chi connectivity index (χ3n) is 3.62. The van der Waals surface area contributed by atoms with Crippen molar-refractivity contribution < 1.29 is 9.90 Å². The average Bonchev–Trinajstić information content (AvgIpc) is 2.15. The van der Waals surface area contributed by atoms with Gasteiger partial charge < -0.3 is 15.3 Å². The zero-order valence-electron chi connectivity index (χ0n) is 9.15. The van der Waals surface area contributed by atoms with Crippen molar-refractivity contribution >= 4 is 6.09 Å². The second-order valence-corrected chi connectivity index (χ2v) is 4.47. The third-order valence-corrected chi connectivity index (χ3v) is 3.62. The molecule has 0 spiro atoms. The Labute approximate surface area is 90.0 Å². The topological polar surface area (TPSA) is 55.8 Å². The summed E-state index contributed by atoms with van der Waals surface area (Å²) in [6, 6.07) is 0.910. The number of rotatable bonds is 2. The lowest BCUT2D eigenvalue weighted by atomic mass is 10.0. The highest BCUT2D eigenvalue weighted by atomic mass is 16.4. The number of hydrogen-bond donors (Lipinski definition) is 2. The van der Waals surface area contributed by atoms with Gasteiger partial charge in [-0.2, -0.15) is 0 Å². The Morgan fingerprint density at radius 1 is 1.40 bits per heavy atom. The van der Waals surface area contributed by atoms with Crippen molar-refractivity contribution in [2.24, 2.45) is 0 Å². The minimum Gasteiger partial charge on any atom is -0.465 e. The third kappa shape index (κ3) is 2.23. The molecular weight excluding hydrogens is 194 g/mol. The van der Waals surface area contributed by atoms with Gasteiger partial charge in [-0.05, 0) is 12.8 Å². The normalized spacial score (nSPS) is 24.9. The average molecular weight is 213 g/mol. The van der Waals surface area contributed by atoms with Gasteiger partial charge in [-0.25, -0.2) is 4.79 Å². The molecule has 2 aliphatic rings. The molecule has 2 fully saturated rings. The van der Waals surface area contributed by atoms with Crippen molar-refractivity contribution in [3.05, 3.63) is 0 Å². The SMILES string of the molecule is CN(C(=O)O)C1CCN(C2CNC2)CC1. The smallest absolute Gasteiger partial charge is 0.407 e. The Balaban J connectivity index is 1.78. The molecule has 86 valence electrons. The van der Waals surface area contributed by atoms with E-state index in [1.807, 2.05) is 0 Å². The van der Waals surface area contributed by atoms with Crippen molar-refractivity contribution in [2.45, 2.75) is 24.9 Å². The monoisotopic (exact) mass is 213 g/mol. The van der Waals surface area contributed by atoms with Crippen LogP contribution in [0.5, 0.6) is 0 Å². The van der Waals surface area contributed by atoms with Crippen LogP contribution in [0.4, 0.5) is 4.79 Å². The molecular formula is C10H19N3O2. The number of likely N-dealkylation sites (tertiary alicyclic amines) is 1. The molecule has 0 aromatic rings. The van der Waals surface area contributed by atoms with Crippen molar-refractivity contribution in [2.75, 3.05) is 33.2 Å². The number of hydrogen-bond acceptors (Lipinski definition) is 3. The summed E-state index contributed by atoms with van der Waals surface area (Å²) in [5.74, 6) is 0. The van der Waals surface area contributed by atoms with E-state index in [9.17, 15) is 4.79 Å². The number of carbonyl (C=O) groups is 1. The zero-order valence-corrected chi connectivity index (χ0v) is 9.15. The number of piperidine rings is 1. The maximum atomic E-state index is 10.8. The number of nitrogens with one attached hydrogen (secondary N) is 1. The first-order valence-electron chi connectivity index (χ1n) is 5.59. The van der Waals surface area contributed by atoms with Crippen molar-refractivity contribution in [3.63, 3.8) is 0 Å². The van der Waals surface area contributed by atoms with Gasteiger partial charge in [0.05, 0.1) is 0 Å². The van der Waals surface area contributed by atoms with E-state index in [-0.39, 0.29) is 6.04 Å². The second-order valence-electron chi connectivity index (χ2n) is 4.47. The van der Waals surface area contributed by atoms with Gasteiger partial charge in [0.15, 0.2) is 0 Å². The van der Waals surface area contributed by atoms with Gasteiger partial charge in [-0.1, -0.05) is 0 Å². The predicted octanol–water partition coefficient (Wildman–Crippen LogP) is 0.0324. The van der Waals surface area contributed by atoms with E-state index in [0.717, 1.165) is 39.0 Å². The summed E-state index contributed by atoms with van der Waals surface area (Å²) in [6.45, 7) is 4.27. The first-order chi connectivity index (χ1) is 7.18. The van der Waals surface area contributed by atoms with Crippen LogP contribution in [0.15, 0.2) is 0 Å². The predicted molar refractivity (Wildman–Crippen MR) is 57.0 cm³/mol. The number of carboxylic acid groups (broad SMARTS) is 1. The van der Waals surface area contributed by atoms with Gasteiger partial charge in [0.25, 0.3) is 0 Å². The van der Waals surface area contributed by atoms with Crippen LogP contribution in [-0.4, -0.2) is 66.3 Å². The van der Waals surface area contributed by atoms with Gasteiger partial charge in [0.2, 0.25) is 0 Å². The lowest BCUT2D eigenvalue weighted by molar-refractivity contribution is 0.0718.